The van der Waals surface area contributed by atoms with Gasteiger partial charge in [-0.05, 0) is 6.07 Å². The zero-order valence-corrected chi connectivity index (χ0v) is 16.2. The predicted molar refractivity (Wildman–Crippen MR) is 103 cm³/mol. The molecule has 0 unspecified atom stereocenters. The molecule has 3 heterocycles. The Balaban J connectivity index is 1.76. The number of carbonyl (C=O) groups excluding carboxylic acids is 2. The largest absolute Gasteiger partial charge is 0.496 e. The fourth-order valence-electron chi connectivity index (χ4n) is 3.32. The minimum Gasteiger partial charge on any atom is -0.496 e. The quantitative estimate of drug-likeness (QED) is 0.641. The molecule has 1 aromatic carbocycles. The molecule has 0 bridgehead atoms. The lowest BCUT2D eigenvalue weighted by atomic mass is 10.2. The van der Waals surface area contributed by atoms with Crippen LogP contribution in [0.25, 0.3) is 11.5 Å². The van der Waals surface area contributed by atoms with Gasteiger partial charge in [-0.25, -0.2) is 9.67 Å². The van der Waals surface area contributed by atoms with Crippen molar-refractivity contribution in [2.75, 3.05) is 20.7 Å². The van der Waals surface area contributed by atoms with E-state index in [1.54, 1.807) is 34.5 Å². The van der Waals surface area contributed by atoms with Crippen LogP contribution in [0.3, 0.4) is 0 Å². The predicted octanol–water partition coefficient (Wildman–Crippen LogP) is 0.312. The van der Waals surface area contributed by atoms with E-state index in [0.29, 0.717) is 48.4 Å². The first-order chi connectivity index (χ1) is 14.0. The summed E-state index contributed by atoms with van der Waals surface area (Å²) in [4.78, 5) is 29.9. The lowest BCUT2D eigenvalue weighted by Crippen LogP contribution is -2.37. The van der Waals surface area contributed by atoms with Crippen LogP contribution in [0.5, 0.6) is 5.75 Å². The van der Waals surface area contributed by atoms with Crippen LogP contribution in [-0.4, -0.2) is 62.0 Å². The van der Waals surface area contributed by atoms with Crippen LogP contribution in [0.4, 0.5) is 0 Å². The van der Waals surface area contributed by atoms with Crippen molar-refractivity contribution in [3.8, 4) is 17.3 Å². The van der Waals surface area contributed by atoms with Gasteiger partial charge < -0.3 is 15.4 Å². The Labute approximate surface area is 166 Å². The molecule has 2 aromatic heterocycles. The third-order valence-corrected chi connectivity index (χ3v) is 4.78. The number of benzene rings is 1. The van der Waals surface area contributed by atoms with Crippen molar-refractivity contribution in [3.63, 3.8) is 0 Å². The molecule has 29 heavy (non-hydrogen) atoms. The Kier molecular flexibility index (Phi) is 4.75. The van der Waals surface area contributed by atoms with Crippen LogP contribution in [0.1, 0.15) is 21.9 Å². The van der Waals surface area contributed by atoms with E-state index >= 15 is 0 Å². The Bertz CT molecular complexity index is 1090. The topological polar surface area (TPSA) is 121 Å². The number of likely N-dealkylation sites (N-methyl/N-ethyl adjacent to an activating group) is 1. The van der Waals surface area contributed by atoms with Gasteiger partial charge in [0.05, 0.1) is 26.6 Å². The second kappa shape index (κ2) is 7.38. The van der Waals surface area contributed by atoms with E-state index in [0.717, 1.165) is 5.56 Å². The fourth-order valence-corrected chi connectivity index (χ4v) is 3.32. The summed E-state index contributed by atoms with van der Waals surface area (Å²) in [6.45, 7) is 1.56. The maximum Gasteiger partial charge on any atom is 0.271 e. The normalized spacial score (nSPS) is 13.4. The molecule has 10 nitrogen and oxygen atoms in total. The highest BCUT2D eigenvalue weighted by molar-refractivity contribution is 5.94. The Morgan fingerprint density at radius 3 is 2.79 bits per heavy atom. The standard InChI is InChI=1S/C19H21N7O3/c1-24-7-8-25-14(19(24)28)9-13(22-25)18-21-17(10-16(20)27)23-26(18)11-12-5-3-4-6-15(12)29-2/h3-6,9H,7-8,10-11H2,1-2H3,(H2,20,27). The minimum atomic E-state index is -0.521. The van der Waals surface area contributed by atoms with Crippen LogP contribution < -0.4 is 10.5 Å². The van der Waals surface area contributed by atoms with Crippen LogP contribution in [0.15, 0.2) is 30.3 Å². The van der Waals surface area contributed by atoms with Gasteiger partial charge in [-0.1, -0.05) is 18.2 Å². The first kappa shape index (κ1) is 18.7. The molecule has 0 saturated carbocycles. The number of fused-ring (bicyclic) bond motifs is 1. The van der Waals surface area contributed by atoms with Gasteiger partial charge in [0.2, 0.25) is 5.91 Å². The van der Waals surface area contributed by atoms with Gasteiger partial charge in [-0.2, -0.15) is 10.2 Å². The number of nitrogens with zero attached hydrogens (tertiary/aromatic N) is 6. The number of primary amides is 1. The molecule has 0 spiro atoms. The molecule has 0 radical (unpaired) electrons. The highest BCUT2D eigenvalue weighted by Crippen LogP contribution is 2.24. The zero-order valence-electron chi connectivity index (χ0n) is 16.2. The average Bonchev–Trinajstić information content (AvgIpc) is 3.29. The van der Waals surface area contributed by atoms with Crippen molar-refractivity contribution in [1.29, 1.82) is 0 Å². The van der Waals surface area contributed by atoms with E-state index < -0.39 is 5.91 Å². The van der Waals surface area contributed by atoms with Crippen molar-refractivity contribution in [1.82, 2.24) is 29.4 Å². The van der Waals surface area contributed by atoms with Gasteiger partial charge in [-0.15, -0.1) is 0 Å². The number of rotatable bonds is 6. The number of methoxy groups -OCH3 is 1. The van der Waals surface area contributed by atoms with Crippen molar-refractivity contribution in [2.45, 2.75) is 19.5 Å². The molecule has 2 amide bonds. The van der Waals surface area contributed by atoms with E-state index in [2.05, 4.69) is 15.2 Å². The van der Waals surface area contributed by atoms with Crippen molar-refractivity contribution < 1.29 is 14.3 Å². The minimum absolute atomic E-state index is 0.0822. The van der Waals surface area contributed by atoms with E-state index in [1.165, 1.54) is 0 Å². The summed E-state index contributed by atoms with van der Waals surface area (Å²) >= 11 is 0. The number of carbonyl (C=O) groups is 2. The number of nitrogens with two attached hydrogens (primary N) is 1. The molecule has 1 aliphatic heterocycles. The molecular weight excluding hydrogens is 374 g/mol. The summed E-state index contributed by atoms with van der Waals surface area (Å²) in [6.07, 6.45) is -0.0822. The highest BCUT2D eigenvalue weighted by atomic mass is 16.5. The van der Waals surface area contributed by atoms with Crippen molar-refractivity contribution in [2.24, 2.45) is 5.73 Å². The molecule has 4 rings (SSSR count). The molecule has 1 aliphatic rings. The maximum atomic E-state index is 12.4. The van der Waals surface area contributed by atoms with Gasteiger partial charge in [-0.3, -0.25) is 14.3 Å². The second-order valence-electron chi connectivity index (χ2n) is 6.83. The zero-order chi connectivity index (χ0) is 20.5. The van der Waals surface area contributed by atoms with Crippen LogP contribution in [-0.2, 0) is 24.3 Å². The van der Waals surface area contributed by atoms with Gasteiger partial charge in [0.1, 0.15) is 17.1 Å². The number of para-hydroxylation sites is 1. The number of ether oxygens (including phenoxy) is 1. The molecule has 0 saturated heterocycles. The van der Waals surface area contributed by atoms with Crippen molar-refractivity contribution in [3.05, 3.63) is 47.4 Å². The van der Waals surface area contributed by atoms with Crippen LogP contribution in [0.2, 0.25) is 0 Å². The third kappa shape index (κ3) is 3.56. The Morgan fingerprint density at radius 1 is 1.24 bits per heavy atom. The first-order valence-corrected chi connectivity index (χ1v) is 9.14. The molecule has 0 atom stereocenters. The molecule has 2 N–H and O–H groups in total. The van der Waals surface area contributed by atoms with Crippen molar-refractivity contribution >= 4 is 11.8 Å². The number of hydrogen-bond acceptors (Lipinski definition) is 6. The number of amides is 2. The maximum absolute atomic E-state index is 12.4. The monoisotopic (exact) mass is 395 g/mol. The molecule has 0 aliphatic carbocycles. The first-order valence-electron chi connectivity index (χ1n) is 9.14. The van der Waals surface area contributed by atoms with Gasteiger partial charge >= 0.3 is 0 Å². The summed E-state index contributed by atoms with van der Waals surface area (Å²) in [5.74, 6) is 0.864. The molecule has 150 valence electrons. The summed E-state index contributed by atoms with van der Waals surface area (Å²) in [7, 11) is 3.36. The van der Waals surface area contributed by atoms with Gasteiger partial charge in [0.15, 0.2) is 11.6 Å². The van der Waals surface area contributed by atoms with Gasteiger partial charge in [0, 0.05) is 25.2 Å². The number of hydrogen-bond donors (Lipinski definition) is 1. The Hall–Kier alpha value is -3.69. The molecule has 0 fully saturated rings. The molecular formula is C19H21N7O3. The van der Waals surface area contributed by atoms with Crippen LogP contribution in [0, 0.1) is 0 Å². The summed E-state index contributed by atoms with van der Waals surface area (Å²) in [5, 5.41) is 8.98. The highest BCUT2D eigenvalue weighted by Gasteiger charge is 2.26. The van der Waals surface area contributed by atoms with E-state index in [4.69, 9.17) is 10.5 Å². The number of aromatic nitrogens is 5. The summed E-state index contributed by atoms with van der Waals surface area (Å²) < 4.78 is 8.75. The third-order valence-electron chi connectivity index (χ3n) is 4.78. The average molecular weight is 395 g/mol. The lowest BCUT2D eigenvalue weighted by molar-refractivity contribution is -0.117. The lowest BCUT2D eigenvalue weighted by Gasteiger charge is -2.22. The second-order valence-corrected chi connectivity index (χ2v) is 6.83. The smallest absolute Gasteiger partial charge is 0.271 e. The van der Waals surface area contributed by atoms with E-state index in [9.17, 15) is 9.59 Å². The fraction of sp³-hybridized carbons (Fsp3) is 0.316. The van der Waals surface area contributed by atoms with Crippen LogP contribution >= 0.6 is 0 Å². The molecule has 3 aromatic rings. The van der Waals surface area contributed by atoms with Gasteiger partial charge in [0.25, 0.3) is 5.91 Å². The summed E-state index contributed by atoms with van der Waals surface area (Å²) in [5.41, 5.74) is 7.22. The Morgan fingerprint density at radius 2 is 2.03 bits per heavy atom. The summed E-state index contributed by atoms with van der Waals surface area (Å²) in [6, 6.07) is 9.28. The van der Waals surface area contributed by atoms with E-state index in [-0.39, 0.29) is 12.3 Å². The van der Waals surface area contributed by atoms with E-state index in [1.807, 2.05) is 24.3 Å². The SMILES string of the molecule is COc1ccccc1Cn1nc(CC(N)=O)nc1-c1cc2n(n1)CCN(C)C2=O. The molecule has 10 heteroatoms.